The van der Waals surface area contributed by atoms with Crippen LogP contribution in [0.3, 0.4) is 0 Å². The number of likely N-dealkylation sites (N-methyl/N-ethyl adjacent to an activating group) is 1. The van der Waals surface area contributed by atoms with E-state index in [2.05, 4.69) is 4.90 Å². The fourth-order valence-electron chi connectivity index (χ4n) is 5.32. The number of amides is 1. The largest absolute Gasteiger partial charge is 0.493 e. The number of hydrogen-bond donors (Lipinski definition) is 0. The molecule has 10 nitrogen and oxygen atoms in total. The molecule has 0 unspecified atom stereocenters. The van der Waals surface area contributed by atoms with E-state index < -0.39 is 0 Å². The molecule has 0 atom stereocenters. The number of likely N-dealkylation sites (tertiary alicyclic amines) is 1. The zero-order chi connectivity index (χ0) is 32.5. The van der Waals surface area contributed by atoms with Gasteiger partial charge in [0, 0.05) is 38.3 Å². The van der Waals surface area contributed by atoms with Crippen molar-refractivity contribution in [2.24, 2.45) is 5.92 Å². The topological polar surface area (TPSA) is 107 Å². The zero-order valence-electron chi connectivity index (χ0n) is 26.7. The number of hydrogen-bond acceptors (Lipinski definition) is 10. The van der Waals surface area contributed by atoms with Crippen molar-refractivity contribution in [3.63, 3.8) is 0 Å². The highest BCUT2D eigenvalue weighted by atomic mass is 32.2. The second-order valence-electron chi connectivity index (χ2n) is 11.0. The number of carbonyl (C=O) groups excluding carboxylic acids is 2. The molecular formula is C35H40N4O6S. The first-order valence-corrected chi connectivity index (χ1v) is 16.4. The molecule has 2 aromatic carbocycles. The Balaban J connectivity index is 1.25. The third-order valence-electron chi connectivity index (χ3n) is 7.95. The highest BCUT2D eigenvalue weighted by Gasteiger charge is 2.29. The van der Waals surface area contributed by atoms with Gasteiger partial charge in [0.2, 0.25) is 0 Å². The highest BCUT2D eigenvalue weighted by molar-refractivity contribution is 7.98. The number of esters is 1. The Bertz CT molecular complexity index is 1620. The first-order chi connectivity index (χ1) is 22.4. The van der Waals surface area contributed by atoms with Gasteiger partial charge in [-0.1, -0.05) is 48.2 Å². The van der Waals surface area contributed by atoms with Crippen molar-refractivity contribution in [1.29, 1.82) is 0 Å². The van der Waals surface area contributed by atoms with Crippen LogP contribution in [0, 0.1) is 5.92 Å². The number of thioether (sulfide) groups is 1. The lowest BCUT2D eigenvalue weighted by Gasteiger charge is -2.30. The number of ether oxygens (including phenoxy) is 3. The molecule has 0 aliphatic carbocycles. The zero-order valence-corrected chi connectivity index (χ0v) is 27.5. The average Bonchev–Trinajstić information content (AvgIpc) is 3.58. The van der Waals surface area contributed by atoms with Gasteiger partial charge in [0.25, 0.3) is 5.91 Å². The van der Waals surface area contributed by atoms with Gasteiger partial charge in [-0.2, -0.15) is 0 Å². The summed E-state index contributed by atoms with van der Waals surface area (Å²) >= 11 is 1.46. The molecule has 0 saturated carbocycles. The van der Waals surface area contributed by atoms with E-state index >= 15 is 0 Å². The molecule has 0 radical (unpaired) electrons. The Morgan fingerprint density at radius 2 is 1.74 bits per heavy atom. The van der Waals surface area contributed by atoms with Crippen LogP contribution in [0.15, 0.2) is 76.3 Å². The van der Waals surface area contributed by atoms with Gasteiger partial charge in [0.1, 0.15) is 11.6 Å². The first-order valence-electron chi connectivity index (χ1n) is 15.4. The minimum absolute atomic E-state index is 0.158. The van der Waals surface area contributed by atoms with Crippen LogP contribution in [0.4, 0.5) is 5.82 Å². The third kappa shape index (κ3) is 8.20. The monoisotopic (exact) mass is 644 g/mol. The van der Waals surface area contributed by atoms with Crippen molar-refractivity contribution in [2.45, 2.75) is 37.1 Å². The maximum absolute atomic E-state index is 13.1. The summed E-state index contributed by atoms with van der Waals surface area (Å²) in [4.78, 5) is 38.8. The molecule has 1 aliphatic rings. The second kappa shape index (κ2) is 15.7. The molecule has 2 aromatic heterocycles. The van der Waals surface area contributed by atoms with Gasteiger partial charge in [0.15, 0.2) is 22.4 Å². The summed E-state index contributed by atoms with van der Waals surface area (Å²) in [5, 5.41) is 0.611. The van der Waals surface area contributed by atoms with Crippen molar-refractivity contribution in [3.05, 3.63) is 83.8 Å². The quantitative estimate of drug-likeness (QED) is 0.0957. The molecule has 5 rings (SSSR count). The summed E-state index contributed by atoms with van der Waals surface area (Å²) in [6.45, 7) is 3.89. The van der Waals surface area contributed by atoms with E-state index in [-0.39, 0.29) is 17.8 Å². The number of aromatic nitrogens is 2. The van der Waals surface area contributed by atoms with Gasteiger partial charge in [-0.05, 0) is 56.0 Å². The van der Waals surface area contributed by atoms with Crippen LogP contribution >= 0.6 is 11.8 Å². The molecular weight excluding hydrogens is 604 g/mol. The predicted octanol–water partition coefficient (Wildman–Crippen LogP) is 6.14. The molecule has 1 aliphatic heterocycles. The SMILES string of the molecule is CCOC(=O)C1CCN(C(=O)c2ccc(CSc3nc(-c4ccccc4)cc(N(C)CCc4ccc(OC)c(OC)c4)n3)o2)CC1. The Kier molecular flexibility index (Phi) is 11.2. The highest BCUT2D eigenvalue weighted by Crippen LogP contribution is 2.30. The molecule has 1 fully saturated rings. The van der Waals surface area contributed by atoms with Crippen LogP contribution in [-0.4, -0.2) is 74.3 Å². The minimum atomic E-state index is -0.183. The van der Waals surface area contributed by atoms with Crippen LogP contribution in [-0.2, 0) is 21.7 Å². The molecule has 4 aromatic rings. The molecule has 0 N–H and O–H groups in total. The number of furan rings is 1. The van der Waals surface area contributed by atoms with E-state index in [0.29, 0.717) is 66.5 Å². The Hall–Kier alpha value is -4.51. The Morgan fingerprint density at radius 3 is 2.46 bits per heavy atom. The molecule has 11 heteroatoms. The lowest BCUT2D eigenvalue weighted by atomic mass is 9.97. The van der Waals surface area contributed by atoms with E-state index in [9.17, 15) is 9.59 Å². The van der Waals surface area contributed by atoms with Gasteiger partial charge >= 0.3 is 5.97 Å². The smallest absolute Gasteiger partial charge is 0.309 e. The number of carbonyl (C=O) groups is 2. The maximum Gasteiger partial charge on any atom is 0.309 e. The van der Waals surface area contributed by atoms with Gasteiger partial charge in [-0.15, -0.1) is 0 Å². The molecule has 1 amide bonds. The van der Waals surface area contributed by atoms with Gasteiger partial charge in [-0.3, -0.25) is 9.59 Å². The first kappa shape index (κ1) is 32.9. The fourth-order valence-corrected chi connectivity index (χ4v) is 6.07. The van der Waals surface area contributed by atoms with Crippen LogP contribution in [0.2, 0.25) is 0 Å². The second-order valence-corrected chi connectivity index (χ2v) is 11.9. The van der Waals surface area contributed by atoms with E-state index in [0.717, 1.165) is 35.6 Å². The Labute approximate surface area is 274 Å². The standard InChI is InChI=1S/C35H40N4O6S/c1-5-44-34(41)26-16-19-39(20-17-26)33(40)30-14-12-27(45-30)23-46-35-36-28(25-9-7-6-8-10-25)22-32(37-35)38(2)18-15-24-11-13-29(42-3)31(21-24)43-4/h6-14,21-22,26H,5,15-20,23H2,1-4H3. The molecule has 46 heavy (non-hydrogen) atoms. The van der Waals surface area contributed by atoms with Crippen LogP contribution in [0.25, 0.3) is 11.3 Å². The fraction of sp³-hybridized carbons (Fsp3) is 0.371. The van der Waals surface area contributed by atoms with Crippen LogP contribution < -0.4 is 14.4 Å². The summed E-state index contributed by atoms with van der Waals surface area (Å²) in [7, 11) is 5.29. The molecule has 3 heterocycles. The molecule has 242 valence electrons. The van der Waals surface area contributed by atoms with Gasteiger partial charge in [-0.25, -0.2) is 9.97 Å². The number of rotatable bonds is 13. The van der Waals surface area contributed by atoms with Crippen LogP contribution in [0.5, 0.6) is 11.5 Å². The van der Waals surface area contributed by atoms with Crippen molar-refractivity contribution >= 4 is 29.5 Å². The average molecular weight is 645 g/mol. The number of anilines is 1. The van der Waals surface area contributed by atoms with E-state index in [1.807, 2.05) is 67.7 Å². The van der Waals surface area contributed by atoms with Crippen molar-refractivity contribution in [3.8, 4) is 22.8 Å². The van der Waals surface area contributed by atoms with Crippen molar-refractivity contribution in [2.75, 3.05) is 52.4 Å². The molecule has 0 bridgehead atoms. The van der Waals surface area contributed by atoms with Crippen molar-refractivity contribution < 1.29 is 28.2 Å². The van der Waals surface area contributed by atoms with E-state index in [1.165, 1.54) is 11.8 Å². The van der Waals surface area contributed by atoms with E-state index in [4.69, 9.17) is 28.6 Å². The van der Waals surface area contributed by atoms with Gasteiger partial charge in [0.05, 0.1) is 38.2 Å². The Morgan fingerprint density at radius 1 is 0.978 bits per heavy atom. The lowest BCUT2D eigenvalue weighted by Crippen LogP contribution is -2.40. The predicted molar refractivity (Wildman–Crippen MR) is 178 cm³/mol. The number of methoxy groups -OCH3 is 2. The van der Waals surface area contributed by atoms with Crippen LogP contribution in [0.1, 0.15) is 41.6 Å². The summed E-state index contributed by atoms with van der Waals surface area (Å²) in [6.07, 6.45) is 1.97. The third-order valence-corrected chi connectivity index (χ3v) is 8.82. The number of piperidine rings is 1. The minimum Gasteiger partial charge on any atom is -0.493 e. The maximum atomic E-state index is 13.1. The number of nitrogens with zero attached hydrogens (tertiary/aromatic N) is 4. The number of benzene rings is 2. The van der Waals surface area contributed by atoms with Gasteiger partial charge < -0.3 is 28.4 Å². The summed E-state index contributed by atoms with van der Waals surface area (Å²) < 4.78 is 21.9. The van der Waals surface area contributed by atoms with Crippen molar-refractivity contribution in [1.82, 2.24) is 14.9 Å². The summed E-state index contributed by atoms with van der Waals surface area (Å²) in [5.74, 6) is 3.12. The lowest BCUT2D eigenvalue weighted by molar-refractivity contribution is -0.149. The van der Waals surface area contributed by atoms with E-state index in [1.54, 1.807) is 32.1 Å². The summed E-state index contributed by atoms with van der Waals surface area (Å²) in [6, 6.07) is 21.5. The normalized spacial score (nSPS) is 13.3. The summed E-state index contributed by atoms with van der Waals surface area (Å²) in [5.41, 5.74) is 2.95. The molecule has 0 spiro atoms. The molecule has 1 saturated heterocycles.